The first-order chi connectivity index (χ1) is 10.5. The van der Waals surface area contributed by atoms with E-state index >= 15 is 0 Å². The van der Waals surface area contributed by atoms with E-state index in [4.69, 9.17) is 0 Å². The van der Waals surface area contributed by atoms with Crippen molar-refractivity contribution in [3.8, 4) is 16.9 Å². The lowest BCUT2D eigenvalue weighted by Crippen LogP contribution is -2.27. The molecule has 0 bridgehead atoms. The first-order valence-corrected chi connectivity index (χ1v) is 8.51. The van der Waals surface area contributed by atoms with Gasteiger partial charge in [0, 0.05) is 13.1 Å². The zero-order chi connectivity index (χ0) is 15.7. The number of hydrogen-bond donors (Lipinski definition) is 1. The average molecular weight is 321 g/mol. The Balaban J connectivity index is 1.90. The van der Waals surface area contributed by atoms with Gasteiger partial charge in [0.2, 0.25) is 10.0 Å². The second-order valence-corrected chi connectivity index (χ2v) is 7.24. The highest BCUT2D eigenvalue weighted by Gasteiger charge is 2.26. The van der Waals surface area contributed by atoms with Crippen LogP contribution in [0.15, 0.2) is 47.4 Å². The molecule has 0 radical (unpaired) electrons. The van der Waals surface area contributed by atoms with E-state index in [1.807, 2.05) is 0 Å². The van der Waals surface area contributed by atoms with E-state index in [-0.39, 0.29) is 4.90 Å². The number of phenols is 1. The lowest BCUT2D eigenvalue weighted by atomic mass is 10.1. The fourth-order valence-corrected chi connectivity index (χ4v) is 4.11. The molecule has 116 valence electrons. The van der Waals surface area contributed by atoms with Gasteiger partial charge in [-0.15, -0.1) is 0 Å². The van der Waals surface area contributed by atoms with Crippen molar-refractivity contribution in [3.63, 3.8) is 0 Å². The predicted octanol–water partition coefficient (Wildman–Crippen LogP) is 2.98. The minimum Gasteiger partial charge on any atom is -0.505 e. The molecular weight excluding hydrogens is 305 g/mol. The summed E-state index contributed by atoms with van der Waals surface area (Å²) in [6.45, 7) is 1.13. The molecule has 0 unspecified atom stereocenters. The molecular formula is C16H16FNO3S. The first-order valence-electron chi connectivity index (χ1n) is 7.07. The minimum absolute atomic E-state index is 0.254. The van der Waals surface area contributed by atoms with E-state index in [9.17, 15) is 17.9 Å². The molecule has 1 heterocycles. The van der Waals surface area contributed by atoms with Crippen LogP contribution in [-0.4, -0.2) is 30.9 Å². The van der Waals surface area contributed by atoms with Gasteiger partial charge in [-0.3, -0.25) is 0 Å². The fraction of sp³-hybridized carbons (Fsp3) is 0.250. The van der Waals surface area contributed by atoms with Crippen LogP contribution in [0, 0.1) is 5.82 Å². The van der Waals surface area contributed by atoms with Gasteiger partial charge in [0.15, 0.2) is 11.6 Å². The molecule has 1 saturated heterocycles. The van der Waals surface area contributed by atoms with Gasteiger partial charge < -0.3 is 5.11 Å². The van der Waals surface area contributed by atoms with Gasteiger partial charge in [0.1, 0.15) is 0 Å². The molecule has 0 spiro atoms. The maximum atomic E-state index is 13.1. The van der Waals surface area contributed by atoms with E-state index in [1.165, 1.54) is 16.4 Å². The lowest BCUT2D eigenvalue weighted by Gasteiger charge is -2.15. The number of benzene rings is 2. The molecule has 22 heavy (non-hydrogen) atoms. The molecule has 2 aromatic rings. The van der Waals surface area contributed by atoms with Gasteiger partial charge in [-0.05, 0) is 48.2 Å². The molecule has 0 aliphatic carbocycles. The molecule has 0 aromatic heterocycles. The maximum Gasteiger partial charge on any atom is 0.243 e. The van der Waals surface area contributed by atoms with Crippen molar-refractivity contribution in [2.45, 2.75) is 17.7 Å². The van der Waals surface area contributed by atoms with Crippen LogP contribution in [0.1, 0.15) is 12.8 Å². The summed E-state index contributed by atoms with van der Waals surface area (Å²) in [5.41, 5.74) is 1.35. The molecule has 1 aliphatic rings. The van der Waals surface area contributed by atoms with Crippen LogP contribution in [0.4, 0.5) is 4.39 Å². The Kier molecular flexibility index (Phi) is 3.88. The number of halogens is 1. The number of aromatic hydroxyl groups is 1. The van der Waals surface area contributed by atoms with Crippen LogP contribution >= 0.6 is 0 Å². The highest BCUT2D eigenvalue weighted by molar-refractivity contribution is 7.89. The number of nitrogens with zero attached hydrogens (tertiary/aromatic N) is 1. The van der Waals surface area contributed by atoms with Crippen molar-refractivity contribution in [2.24, 2.45) is 0 Å². The van der Waals surface area contributed by atoms with Gasteiger partial charge >= 0.3 is 0 Å². The molecule has 2 aromatic carbocycles. The molecule has 1 fully saturated rings. The molecule has 0 atom stereocenters. The van der Waals surface area contributed by atoms with Gasteiger partial charge in [0.05, 0.1) is 4.90 Å². The summed E-state index contributed by atoms with van der Waals surface area (Å²) in [6.07, 6.45) is 1.79. The molecule has 1 aliphatic heterocycles. The second kappa shape index (κ2) is 5.70. The molecule has 6 heteroatoms. The van der Waals surface area contributed by atoms with Gasteiger partial charge in [-0.1, -0.05) is 18.2 Å². The summed E-state index contributed by atoms with van der Waals surface area (Å²) in [7, 11) is -3.43. The van der Waals surface area contributed by atoms with Gasteiger partial charge in [-0.25, -0.2) is 12.8 Å². The molecule has 0 saturated carbocycles. The third kappa shape index (κ3) is 2.71. The van der Waals surface area contributed by atoms with Crippen LogP contribution < -0.4 is 0 Å². The average Bonchev–Trinajstić information content (AvgIpc) is 3.05. The Labute approximate surface area is 128 Å². The lowest BCUT2D eigenvalue weighted by molar-refractivity contribution is 0.433. The number of rotatable bonds is 3. The van der Waals surface area contributed by atoms with Crippen molar-refractivity contribution >= 4 is 10.0 Å². The SMILES string of the molecule is O=S(=O)(c1ccc(-c2ccc(F)c(O)c2)cc1)N1CCCC1. The van der Waals surface area contributed by atoms with Crippen LogP contribution in [0.3, 0.4) is 0 Å². The summed E-state index contributed by atoms with van der Waals surface area (Å²) in [5.74, 6) is -1.11. The molecule has 0 amide bonds. The van der Waals surface area contributed by atoms with Crippen molar-refractivity contribution in [2.75, 3.05) is 13.1 Å². The molecule has 3 rings (SSSR count). The van der Waals surface area contributed by atoms with E-state index in [0.29, 0.717) is 18.7 Å². The van der Waals surface area contributed by atoms with Crippen LogP contribution in [0.2, 0.25) is 0 Å². The van der Waals surface area contributed by atoms with Gasteiger partial charge in [-0.2, -0.15) is 4.31 Å². The standard InChI is InChI=1S/C16H16FNO3S/c17-15-8-5-13(11-16(15)19)12-3-6-14(7-4-12)22(20,21)18-9-1-2-10-18/h3-8,11,19H,1-2,9-10H2. The Morgan fingerprint density at radius 1 is 0.955 bits per heavy atom. The van der Waals surface area contributed by atoms with Gasteiger partial charge in [0.25, 0.3) is 0 Å². The number of phenolic OH excluding ortho intramolecular Hbond substituents is 1. The van der Waals surface area contributed by atoms with Crippen LogP contribution in [0.25, 0.3) is 11.1 Å². The first kappa shape index (κ1) is 15.0. The summed E-state index contributed by atoms with van der Waals surface area (Å²) >= 11 is 0. The maximum absolute atomic E-state index is 13.1. The number of hydrogen-bond acceptors (Lipinski definition) is 3. The van der Waals surface area contributed by atoms with E-state index in [2.05, 4.69) is 0 Å². The van der Waals surface area contributed by atoms with Crippen molar-refractivity contribution in [3.05, 3.63) is 48.3 Å². The van der Waals surface area contributed by atoms with Crippen LogP contribution in [0.5, 0.6) is 5.75 Å². The normalized spacial score (nSPS) is 16.0. The van der Waals surface area contributed by atoms with Crippen LogP contribution in [-0.2, 0) is 10.0 Å². The Morgan fingerprint density at radius 2 is 1.55 bits per heavy atom. The largest absolute Gasteiger partial charge is 0.505 e. The molecule has 1 N–H and O–H groups in total. The monoisotopic (exact) mass is 321 g/mol. The Bertz CT molecular complexity index is 782. The Morgan fingerprint density at radius 3 is 2.14 bits per heavy atom. The fourth-order valence-electron chi connectivity index (χ4n) is 2.59. The number of sulfonamides is 1. The highest BCUT2D eigenvalue weighted by Crippen LogP contribution is 2.27. The predicted molar refractivity (Wildman–Crippen MR) is 81.5 cm³/mol. The topological polar surface area (TPSA) is 57.6 Å². The third-order valence-corrected chi connectivity index (χ3v) is 5.75. The van der Waals surface area contributed by atoms with Crippen molar-refractivity contribution < 1.29 is 17.9 Å². The third-order valence-electron chi connectivity index (χ3n) is 3.84. The summed E-state index contributed by atoms with van der Waals surface area (Å²) in [4.78, 5) is 0.254. The van der Waals surface area contributed by atoms with E-state index < -0.39 is 21.6 Å². The minimum atomic E-state index is -3.43. The van der Waals surface area contributed by atoms with Crippen molar-refractivity contribution in [1.29, 1.82) is 0 Å². The van der Waals surface area contributed by atoms with E-state index in [0.717, 1.165) is 18.4 Å². The Hall–Kier alpha value is -1.92. The summed E-state index contributed by atoms with van der Waals surface area (Å²) in [6, 6.07) is 10.5. The summed E-state index contributed by atoms with van der Waals surface area (Å²) in [5, 5.41) is 9.41. The smallest absolute Gasteiger partial charge is 0.243 e. The van der Waals surface area contributed by atoms with Crippen molar-refractivity contribution in [1.82, 2.24) is 4.31 Å². The second-order valence-electron chi connectivity index (χ2n) is 5.30. The van der Waals surface area contributed by atoms with E-state index in [1.54, 1.807) is 30.3 Å². The zero-order valence-corrected chi connectivity index (χ0v) is 12.7. The highest BCUT2D eigenvalue weighted by atomic mass is 32.2. The zero-order valence-electron chi connectivity index (χ0n) is 11.9. The quantitative estimate of drug-likeness (QED) is 0.945. The molecule has 4 nitrogen and oxygen atoms in total. The summed E-state index contributed by atoms with van der Waals surface area (Å²) < 4.78 is 39.4.